The van der Waals surface area contributed by atoms with Crippen LogP contribution in [0, 0.1) is 0 Å². The van der Waals surface area contributed by atoms with Gasteiger partial charge in [-0.3, -0.25) is 0 Å². The van der Waals surface area contributed by atoms with Gasteiger partial charge in [0, 0.05) is 0 Å². The van der Waals surface area contributed by atoms with Crippen LogP contribution in [0.25, 0.3) is 0 Å². The van der Waals surface area contributed by atoms with Gasteiger partial charge in [0.2, 0.25) is 0 Å². The van der Waals surface area contributed by atoms with Gasteiger partial charge in [0.15, 0.2) is 0 Å². The summed E-state index contributed by atoms with van der Waals surface area (Å²) in [6.45, 7) is -1.37. The summed E-state index contributed by atoms with van der Waals surface area (Å²) >= 11 is -1.98. The molecule has 9 heteroatoms. The number of nitrogens with one attached hydrogen (secondary N) is 1. The fourth-order valence-corrected chi connectivity index (χ4v) is 6.58. The summed E-state index contributed by atoms with van der Waals surface area (Å²) < 4.78 is 12.2. The van der Waals surface area contributed by atoms with E-state index in [1.807, 2.05) is 58.4 Å². The van der Waals surface area contributed by atoms with E-state index in [1.165, 1.54) is 0 Å². The Morgan fingerprint density at radius 2 is 1.50 bits per heavy atom. The number of Topliss-reactive ketones (excluding diaryl/α,β-unsaturated/α-hetero) is 1. The van der Waals surface area contributed by atoms with Gasteiger partial charge in [-0.15, -0.1) is 0 Å². The Kier molecular flexibility index (Phi) is 8.76. The standard InChI is InChI=1S/C25H28FIN2O5/c1-27(2)18(25(34)28-19(14-24(32)33)22(30)15-26)13-23(31)29-20-9-5-3-7-16(20)11-12-17-8-4-6-10-21(17)29/h3-10,18-19H,11-15H2,1-2H3,(H,28,34)(H,32,33)/t18-,19?/m1/s1. The second-order valence-corrected chi connectivity index (χ2v) is 14.4. The summed E-state index contributed by atoms with van der Waals surface area (Å²) in [4.78, 5) is 55.2. The number of anilines is 2. The minimum absolute atomic E-state index is 0.0873. The third-order valence-corrected chi connectivity index (χ3v) is 9.77. The molecule has 1 aliphatic heterocycles. The van der Waals surface area contributed by atoms with Crippen molar-refractivity contribution < 1.29 is 28.7 Å². The van der Waals surface area contributed by atoms with Crippen LogP contribution < -0.4 is 10.2 Å². The molecule has 0 fully saturated rings. The molecule has 0 saturated carbocycles. The zero-order chi connectivity index (χ0) is 24.8. The maximum absolute atomic E-state index is 13.7. The second kappa shape index (κ2) is 11.5. The van der Waals surface area contributed by atoms with E-state index < -0.39 is 60.5 Å². The monoisotopic (exact) mass is 582 g/mol. The number of hydrogen-bond donors (Lipinski definition) is 2. The maximum atomic E-state index is 13.7. The summed E-state index contributed by atoms with van der Waals surface area (Å²) in [5, 5.41) is 11.4. The van der Waals surface area contributed by atoms with Crippen molar-refractivity contribution in [2.24, 2.45) is 0 Å². The molecule has 0 bridgehead atoms. The van der Waals surface area contributed by atoms with Crippen LogP contribution in [0.15, 0.2) is 48.5 Å². The number of carboxylic acid groups (broad SMARTS) is 1. The van der Waals surface area contributed by atoms with Gasteiger partial charge in [0.05, 0.1) is 0 Å². The SMILES string of the molecule is CI(C)[C@H](CC(=O)N1c2ccccc2CCc2ccccc21)C(=O)NC(CC(=O)O)C(=O)CF. The van der Waals surface area contributed by atoms with Gasteiger partial charge < -0.3 is 0 Å². The molecule has 1 aliphatic rings. The van der Waals surface area contributed by atoms with Crippen LogP contribution in [0.3, 0.4) is 0 Å². The summed E-state index contributed by atoms with van der Waals surface area (Å²) in [5.41, 5.74) is 3.62. The van der Waals surface area contributed by atoms with E-state index in [0.717, 1.165) is 35.3 Å². The van der Waals surface area contributed by atoms with Crippen LogP contribution in [-0.4, -0.2) is 55.2 Å². The molecule has 0 saturated heterocycles. The molecule has 2 N–H and O–H groups in total. The molecule has 0 radical (unpaired) electrons. The first-order valence-electron chi connectivity index (χ1n) is 10.8. The van der Waals surface area contributed by atoms with Gasteiger partial charge in [0.1, 0.15) is 0 Å². The topological polar surface area (TPSA) is 104 Å². The van der Waals surface area contributed by atoms with Gasteiger partial charge in [-0.25, -0.2) is 0 Å². The fourth-order valence-electron chi connectivity index (χ4n) is 4.01. The van der Waals surface area contributed by atoms with Crippen LogP contribution in [0.5, 0.6) is 0 Å². The third-order valence-electron chi connectivity index (χ3n) is 5.76. The van der Waals surface area contributed by atoms with Gasteiger partial charge >= 0.3 is 205 Å². The first-order valence-corrected chi connectivity index (χ1v) is 16.4. The Balaban J connectivity index is 1.89. The van der Waals surface area contributed by atoms with Crippen molar-refractivity contribution in [3.05, 3.63) is 59.7 Å². The number of halogens is 2. The summed E-state index contributed by atoms with van der Waals surface area (Å²) in [5.74, 6) is -3.14. The normalized spacial score (nSPS) is 14.7. The van der Waals surface area contributed by atoms with Crippen LogP contribution in [0.2, 0.25) is 0 Å². The molecule has 34 heavy (non-hydrogen) atoms. The van der Waals surface area contributed by atoms with Crippen molar-refractivity contribution in [1.82, 2.24) is 5.32 Å². The molecule has 182 valence electrons. The molecule has 7 nitrogen and oxygen atoms in total. The van der Waals surface area contributed by atoms with E-state index in [9.17, 15) is 23.6 Å². The van der Waals surface area contributed by atoms with E-state index in [-0.39, 0.29) is 12.3 Å². The molecule has 0 aliphatic carbocycles. The number of alkyl halides is 4. The Hall–Kier alpha value is -2.82. The van der Waals surface area contributed by atoms with E-state index >= 15 is 0 Å². The number of carbonyl (C=O) groups is 4. The Morgan fingerprint density at radius 1 is 0.971 bits per heavy atom. The zero-order valence-electron chi connectivity index (χ0n) is 19.1. The molecule has 0 aromatic heterocycles. The number of ketones is 1. The number of fused-ring (bicyclic) bond motifs is 2. The molecular formula is C25H28FIN2O5. The Labute approximate surface area is 205 Å². The fraction of sp³-hybridized carbons (Fsp3) is 0.360. The number of amides is 2. The second-order valence-electron chi connectivity index (χ2n) is 8.23. The minimum atomic E-state index is -1.98. The molecule has 2 aromatic carbocycles. The number of hydrogen-bond acceptors (Lipinski definition) is 4. The van der Waals surface area contributed by atoms with Gasteiger partial charge in [0.25, 0.3) is 0 Å². The number of rotatable bonds is 9. The first kappa shape index (κ1) is 25.8. The van der Waals surface area contributed by atoms with Crippen molar-refractivity contribution in [1.29, 1.82) is 0 Å². The molecule has 1 heterocycles. The molecule has 3 rings (SSSR count). The molecule has 2 aromatic rings. The predicted molar refractivity (Wildman–Crippen MR) is 137 cm³/mol. The van der Waals surface area contributed by atoms with Crippen molar-refractivity contribution >= 4 is 54.8 Å². The van der Waals surface area contributed by atoms with Crippen molar-refractivity contribution in [2.75, 3.05) is 21.4 Å². The molecular weight excluding hydrogens is 554 g/mol. The predicted octanol–water partition coefficient (Wildman–Crippen LogP) is 3.47. The average molecular weight is 582 g/mol. The first-order chi connectivity index (χ1) is 16.2. The summed E-state index contributed by atoms with van der Waals surface area (Å²) in [7, 11) is 0. The molecule has 1 unspecified atom stereocenters. The quantitative estimate of drug-likeness (QED) is 0.348. The zero-order valence-corrected chi connectivity index (χ0v) is 21.2. The van der Waals surface area contributed by atoms with Gasteiger partial charge in [-0.2, -0.15) is 0 Å². The van der Waals surface area contributed by atoms with Crippen molar-refractivity contribution in [3.63, 3.8) is 0 Å². The third kappa shape index (κ3) is 5.99. The van der Waals surface area contributed by atoms with E-state index in [0.29, 0.717) is 0 Å². The number of aliphatic carboxylic acids is 1. The van der Waals surface area contributed by atoms with E-state index in [4.69, 9.17) is 5.11 Å². The van der Waals surface area contributed by atoms with Crippen molar-refractivity contribution in [2.45, 2.75) is 35.6 Å². The van der Waals surface area contributed by atoms with Crippen molar-refractivity contribution in [3.8, 4) is 0 Å². The summed E-state index contributed by atoms with van der Waals surface area (Å²) in [6, 6.07) is 13.9. The summed E-state index contributed by atoms with van der Waals surface area (Å²) in [6.07, 6.45) is 0.770. The van der Waals surface area contributed by atoms with Crippen LogP contribution in [-0.2, 0) is 32.0 Å². The van der Waals surface area contributed by atoms with E-state index in [1.54, 1.807) is 4.90 Å². The van der Waals surface area contributed by atoms with Crippen LogP contribution in [0.4, 0.5) is 15.8 Å². The Morgan fingerprint density at radius 3 is 1.97 bits per heavy atom. The van der Waals surface area contributed by atoms with Crippen LogP contribution >= 0.6 is 19.8 Å². The number of carbonyl (C=O) groups excluding carboxylic acids is 3. The van der Waals surface area contributed by atoms with E-state index in [2.05, 4.69) is 5.32 Å². The molecule has 0 spiro atoms. The number of para-hydroxylation sites is 2. The van der Waals surface area contributed by atoms with Gasteiger partial charge in [-0.05, 0) is 0 Å². The average Bonchev–Trinajstić information content (AvgIpc) is 2.97. The molecule has 2 atom stereocenters. The Bertz CT molecular complexity index is 1040. The molecule has 2 amide bonds. The number of nitrogens with zero attached hydrogens (tertiary/aromatic N) is 1. The number of aryl methyl sites for hydroxylation is 2. The number of benzene rings is 2. The van der Waals surface area contributed by atoms with Gasteiger partial charge in [-0.1, -0.05) is 0 Å². The number of carboxylic acids is 1. The van der Waals surface area contributed by atoms with Crippen LogP contribution in [0.1, 0.15) is 24.0 Å².